The molecule has 3 heteroatoms. The number of para-hydroxylation sites is 2. The van der Waals surface area contributed by atoms with E-state index >= 15 is 0 Å². The summed E-state index contributed by atoms with van der Waals surface area (Å²) in [5, 5.41) is 2.26. The monoisotopic (exact) mass is 513 g/mol. The maximum Gasteiger partial charge on any atom is 0.227 e. The molecule has 8 rings (SSSR count). The number of oxazole rings is 1. The molecular weight excluding hydrogens is 490 g/mol. The topological polar surface area (TPSA) is 39.2 Å². The predicted molar refractivity (Wildman–Crippen MR) is 163 cm³/mol. The van der Waals surface area contributed by atoms with Gasteiger partial charge in [-0.05, 0) is 58.1 Å². The Labute approximate surface area is 231 Å². The highest BCUT2D eigenvalue weighted by Gasteiger charge is 2.16. The Hall–Kier alpha value is -5.41. The third kappa shape index (κ3) is 3.71. The Morgan fingerprint density at radius 1 is 0.400 bits per heavy atom. The normalized spacial score (nSPS) is 11.5. The van der Waals surface area contributed by atoms with Crippen LogP contribution >= 0.6 is 0 Å². The van der Waals surface area contributed by atoms with Gasteiger partial charge in [0.05, 0.1) is 0 Å². The summed E-state index contributed by atoms with van der Waals surface area (Å²) in [5.41, 5.74) is 11.0. The van der Waals surface area contributed by atoms with Crippen molar-refractivity contribution in [2.45, 2.75) is 0 Å². The predicted octanol–water partition coefficient (Wildman–Crippen LogP) is 10.4. The summed E-state index contributed by atoms with van der Waals surface area (Å²) in [7, 11) is 0. The van der Waals surface area contributed by atoms with Crippen LogP contribution < -0.4 is 0 Å². The van der Waals surface area contributed by atoms with Crippen molar-refractivity contribution in [3.05, 3.63) is 140 Å². The van der Waals surface area contributed by atoms with Crippen LogP contribution in [0.1, 0.15) is 0 Å². The van der Waals surface area contributed by atoms with Crippen molar-refractivity contribution in [3.8, 4) is 44.8 Å². The van der Waals surface area contributed by atoms with Crippen molar-refractivity contribution in [1.29, 1.82) is 0 Å². The van der Waals surface area contributed by atoms with E-state index in [1.165, 1.54) is 0 Å². The molecule has 0 unspecified atom stereocenters. The van der Waals surface area contributed by atoms with Gasteiger partial charge in [-0.3, -0.25) is 0 Å². The van der Waals surface area contributed by atoms with Crippen molar-refractivity contribution in [2.75, 3.05) is 0 Å². The van der Waals surface area contributed by atoms with Crippen molar-refractivity contribution in [3.63, 3.8) is 0 Å². The van der Waals surface area contributed by atoms with Crippen molar-refractivity contribution < 1.29 is 8.83 Å². The zero-order valence-corrected chi connectivity index (χ0v) is 21.5. The third-order valence-corrected chi connectivity index (χ3v) is 7.54. The summed E-state index contributed by atoms with van der Waals surface area (Å²) in [5.74, 6) is 0.604. The van der Waals surface area contributed by atoms with E-state index in [0.717, 1.165) is 72.0 Å². The Balaban J connectivity index is 1.21. The molecule has 0 spiro atoms. The van der Waals surface area contributed by atoms with E-state index in [4.69, 9.17) is 13.8 Å². The molecule has 6 aromatic carbocycles. The van der Waals surface area contributed by atoms with Crippen LogP contribution in [0.2, 0.25) is 0 Å². The molecule has 2 aromatic heterocycles. The SMILES string of the molecule is c1ccc(-c2cc3nc(-c4ccc(-c5cccc6c5oc5ccccc56)cc4)oc3cc2-c2ccccc2)cc1. The fourth-order valence-electron chi connectivity index (χ4n) is 5.58. The van der Waals surface area contributed by atoms with Crippen LogP contribution in [0.15, 0.2) is 148 Å². The number of furan rings is 1. The molecule has 3 nitrogen and oxygen atoms in total. The number of nitrogens with zero attached hydrogens (tertiary/aromatic N) is 1. The van der Waals surface area contributed by atoms with Crippen molar-refractivity contribution >= 4 is 33.0 Å². The van der Waals surface area contributed by atoms with E-state index in [1.54, 1.807) is 0 Å². The molecule has 0 aliphatic carbocycles. The van der Waals surface area contributed by atoms with E-state index in [9.17, 15) is 0 Å². The second-order valence-corrected chi connectivity index (χ2v) is 9.97. The van der Waals surface area contributed by atoms with Crippen molar-refractivity contribution in [2.24, 2.45) is 0 Å². The second-order valence-electron chi connectivity index (χ2n) is 9.97. The Morgan fingerprint density at radius 3 is 1.75 bits per heavy atom. The Morgan fingerprint density at radius 2 is 1.00 bits per heavy atom. The first kappa shape index (κ1) is 22.6. The number of hydrogen-bond acceptors (Lipinski definition) is 3. The molecule has 188 valence electrons. The average Bonchev–Trinajstić information content (AvgIpc) is 3.63. The molecule has 8 aromatic rings. The highest BCUT2D eigenvalue weighted by atomic mass is 16.3. The fourth-order valence-corrected chi connectivity index (χ4v) is 5.58. The van der Waals surface area contributed by atoms with Gasteiger partial charge in [0.15, 0.2) is 5.58 Å². The zero-order chi connectivity index (χ0) is 26.5. The molecule has 0 saturated carbocycles. The summed E-state index contributed by atoms with van der Waals surface area (Å²) < 4.78 is 12.6. The number of aromatic nitrogens is 1. The van der Waals surface area contributed by atoms with E-state index in [-0.39, 0.29) is 0 Å². The molecule has 0 radical (unpaired) electrons. The maximum absolute atomic E-state index is 6.33. The summed E-state index contributed by atoms with van der Waals surface area (Å²) in [4.78, 5) is 4.90. The van der Waals surface area contributed by atoms with Gasteiger partial charge in [-0.15, -0.1) is 0 Å². The van der Waals surface area contributed by atoms with Crippen LogP contribution in [-0.2, 0) is 0 Å². The number of hydrogen-bond donors (Lipinski definition) is 0. The molecule has 2 heterocycles. The van der Waals surface area contributed by atoms with Gasteiger partial charge >= 0.3 is 0 Å². The van der Waals surface area contributed by atoms with E-state index in [1.807, 2.05) is 30.3 Å². The molecular formula is C37H23NO2. The minimum Gasteiger partial charge on any atom is -0.455 e. The summed E-state index contributed by atoms with van der Waals surface area (Å²) in [6, 6.07) is 47.9. The lowest BCUT2D eigenvalue weighted by atomic mass is 9.94. The van der Waals surface area contributed by atoms with Crippen molar-refractivity contribution in [1.82, 2.24) is 4.98 Å². The van der Waals surface area contributed by atoms with Gasteiger partial charge in [0.25, 0.3) is 0 Å². The van der Waals surface area contributed by atoms with Crippen LogP contribution in [0.5, 0.6) is 0 Å². The average molecular weight is 514 g/mol. The fraction of sp³-hybridized carbons (Fsp3) is 0. The molecule has 0 fully saturated rings. The van der Waals surface area contributed by atoms with E-state index < -0.39 is 0 Å². The maximum atomic E-state index is 6.33. The lowest BCUT2D eigenvalue weighted by molar-refractivity contribution is 0.620. The Bertz CT molecular complexity index is 2060. The molecule has 0 aliphatic rings. The largest absolute Gasteiger partial charge is 0.455 e. The lowest BCUT2D eigenvalue weighted by Gasteiger charge is -2.10. The van der Waals surface area contributed by atoms with Crippen LogP contribution in [0.25, 0.3) is 77.9 Å². The molecule has 0 bridgehead atoms. The van der Waals surface area contributed by atoms with Gasteiger partial charge < -0.3 is 8.83 Å². The summed E-state index contributed by atoms with van der Waals surface area (Å²) in [6.45, 7) is 0. The van der Waals surface area contributed by atoms with Gasteiger partial charge in [-0.2, -0.15) is 0 Å². The van der Waals surface area contributed by atoms with Gasteiger partial charge in [-0.25, -0.2) is 4.98 Å². The molecule has 0 atom stereocenters. The highest BCUT2D eigenvalue weighted by Crippen LogP contribution is 2.39. The molecule has 0 N–H and O–H groups in total. The summed E-state index contributed by atoms with van der Waals surface area (Å²) in [6.07, 6.45) is 0. The van der Waals surface area contributed by atoms with Gasteiger partial charge in [-0.1, -0.05) is 109 Å². The number of benzene rings is 6. The lowest BCUT2D eigenvalue weighted by Crippen LogP contribution is -1.86. The molecule has 0 amide bonds. The third-order valence-electron chi connectivity index (χ3n) is 7.54. The van der Waals surface area contributed by atoms with E-state index in [2.05, 4.69) is 109 Å². The van der Waals surface area contributed by atoms with Gasteiger partial charge in [0.1, 0.15) is 16.7 Å². The van der Waals surface area contributed by atoms with Gasteiger partial charge in [0, 0.05) is 21.9 Å². The quantitative estimate of drug-likeness (QED) is 0.235. The minimum absolute atomic E-state index is 0.604. The second kappa shape index (κ2) is 9.11. The smallest absolute Gasteiger partial charge is 0.227 e. The van der Waals surface area contributed by atoms with Crippen LogP contribution in [0.3, 0.4) is 0 Å². The first-order valence-corrected chi connectivity index (χ1v) is 13.4. The summed E-state index contributed by atoms with van der Waals surface area (Å²) >= 11 is 0. The number of fused-ring (bicyclic) bond motifs is 4. The van der Waals surface area contributed by atoms with Gasteiger partial charge in [0.2, 0.25) is 5.89 Å². The van der Waals surface area contributed by atoms with Crippen LogP contribution in [0.4, 0.5) is 0 Å². The zero-order valence-electron chi connectivity index (χ0n) is 21.5. The first-order chi connectivity index (χ1) is 19.8. The standard InChI is InChI=1S/C37H23NO2/c1-3-10-24(11-4-1)31-22-33-35(23-32(31)25-12-5-2-6-13-25)40-37(38-33)27-20-18-26(19-21-27)28-15-9-16-30-29-14-7-8-17-34(29)39-36(28)30/h1-23H. The van der Waals surface area contributed by atoms with Crippen LogP contribution in [-0.4, -0.2) is 4.98 Å². The molecule has 40 heavy (non-hydrogen) atoms. The highest BCUT2D eigenvalue weighted by molar-refractivity contribution is 6.09. The first-order valence-electron chi connectivity index (χ1n) is 13.4. The molecule has 0 saturated heterocycles. The van der Waals surface area contributed by atoms with E-state index in [0.29, 0.717) is 5.89 Å². The minimum atomic E-state index is 0.604. The Kier molecular flexibility index (Phi) is 5.14. The molecule has 0 aliphatic heterocycles. The number of rotatable bonds is 4. The van der Waals surface area contributed by atoms with Crippen LogP contribution in [0, 0.1) is 0 Å².